The summed E-state index contributed by atoms with van der Waals surface area (Å²) < 4.78 is 0. The normalized spacial score (nSPS) is 42.5. The van der Waals surface area contributed by atoms with Gasteiger partial charge in [0.25, 0.3) is 0 Å². The van der Waals surface area contributed by atoms with E-state index in [2.05, 4.69) is 199 Å². The van der Waals surface area contributed by atoms with Gasteiger partial charge < -0.3 is 4.90 Å². The lowest BCUT2D eigenvalue weighted by Gasteiger charge is -3.13. The standard InChI is InChI=1S/C14H25NO.C14H20.2C14H26.C13H24.C12H22.C11H20.7C2H6/c1-10(2)13-6-8-14(9-7-13,11(3)4)15(5)12(13)16;1-5(2)13-7-10-8(13)12-9(13)11(7)14(10,12)6(3)4;1-11(2)13-5-8-14(9-6-13,10-7-13)12(3)4;1-11(2)13-6-5-7-14(10-13,9-8-13)12(3)4;1-10(2)12-6-5-7-13(8-12,9-12)11(3)4;1-9(2)11-5-6-12(7-11,8-11)10(3)4;1-8(2)10-5-11(6-10,7-10)9(3)4;7*1-2/h10-11H,6-9H2,1-5H3;5-12H,1-4H3;2*11-12H,5-10H2,1-4H3;10-11H,5-9H2,1-4H3;9-10H,5-8H2,1-4H3;8-9H,5-7H2,1-4H3;7*1-2H3. The summed E-state index contributed by atoms with van der Waals surface area (Å²) in [6.07, 6.45) is 41.1. The van der Waals surface area contributed by atoms with Crippen LogP contribution in [-0.4, -0.2) is 23.4 Å². The highest BCUT2D eigenvalue weighted by atomic mass is 16.2. The number of fused-ring (bicyclic) bond motifs is 11. The molecule has 21 saturated carbocycles. The molecule has 2 nitrogen and oxygen atoms in total. The van der Waals surface area contributed by atoms with Crippen molar-refractivity contribution < 1.29 is 4.79 Å². The average molecular weight is 1510 g/mol. The second kappa shape index (κ2) is 37.6. The number of amides is 1. The number of nitrogens with zero attached hydrogens (tertiary/aromatic N) is 1. The summed E-state index contributed by atoms with van der Waals surface area (Å²) >= 11 is 0. The molecule has 23 fully saturated rings. The molecule has 0 aromatic carbocycles. The number of piperidine rings is 2. The van der Waals surface area contributed by atoms with Gasteiger partial charge in [-0.05, 0) is 350 Å². The molecule has 2 heteroatoms. The van der Waals surface area contributed by atoms with Crippen LogP contribution in [-0.2, 0) is 4.79 Å². The molecule has 12 bridgehead atoms. The number of carbonyl (C=O) groups is 1. The van der Waals surface area contributed by atoms with E-state index in [1.54, 1.807) is 0 Å². The van der Waals surface area contributed by atoms with Gasteiger partial charge in [0, 0.05) is 12.6 Å². The molecule has 23 aliphatic rings. The molecule has 2 unspecified atom stereocenters. The van der Waals surface area contributed by atoms with Crippen molar-refractivity contribution in [2.45, 2.75) is 476 Å². The monoisotopic (exact) mass is 1510 g/mol. The van der Waals surface area contributed by atoms with E-state index in [-0.39, 0.29) is 11.0 Å². The smallest absolute Gasteiger partial charge is 0.229 e. The Kier molecular flexibility index (Phi) is 34.8. The number of rotatable bonds is 14. The summed E-state index contributed by atoms with van der Waals surface area (Å²) in [4.78, 5) is 14.7. The Bertz CT molecular complexity index is 2400. The van der Waals surface area contributed by atoms with Crippen LogP contribution in [0.25, 0.3) is 0 Å². The van der Waals surface area contributed by atoms with Crippen molar-refractivity contribution in [3.63, 3.8) is 0 Å². The number of carbonyl (C=O) groups excluding carboxylic acids is 1. The molecular weight excluding hydrogens is 1300 g/mol. The largest absolute Gasteiger partial charge is 0.339 e. The summed E-state index contributed by atoms with van der Waals surface area (Å²) in [5, 5.41) is 0. The molecule has 0 aromatic heterocycles. The molecule has 108 heavy (non-hydrogen) atoms. The molecule has 23 rings (SSSR count). The van der Waals surface area contributed by atoms with Crippen LogP contribution in [0.15, 0.2) is 0 Å². The molecule has 21 aliphatic carbocycles. The first kappa shape index (κ1) is 99.8. The Morgan fingerprint density at radius 1 is 0.213 bits per heavy atom. The predicted octanol–water partition coefficient (Wildman–Crippen LogP) is 34.1. The molecule has 0 aromatic rings. The van der Waals surface area contributed by atoms with E-state index in [1.165, 1.54) is 202 Å². The maximum atomic E-state index is 12.6. The fourth-order valence-electron chi connectivity index (χ4n) is 30.8. The zero-order valence-corrected chi connectivity index (χ0v) is 82.7. The highest BCUT2D eigenvalue weighted by molar-refractivity contribution is 5.85. The minimum atomic E-state index is -0.0363. The maximum Gasteiger partial charge on any atom is 0.229 e. The van der Waals surface area contributed by atoms with E-state index in [0.717, 1.165) is 149 Å². The van der Waals surface area contributed by atoms with Crippen LogP contribution in [0.1, 0.15) is 471 Å². The lowest BCUT2D eigenvalue weighted by Crippen LogP contribution is -3.11. The lowest BCUT2D eigenvalue weighted by molar-refractivity contribution is -0.674. The topological polar surface area (TPSA) is 20.3 Å². The molecular formula is C106H205NO. The summed E-state index contributed by atoms with van der Waals surface area (Å²) in [7, 11) is 2.03. The van der Waals surface area contributed by atoms with E-state index in [0.29, 0.717) is 17.7 Å². The van der Waals surface area contributed by atoms with Crippen LogP contribution in [0.5, 0.6) is 0 Å². The first-order valence-corrected chi connectivity index (χ1v) is 49.8. The van der Waals surface area contributed by atoms with Gasteiger partial charge in [0.1, 0.15) is 0 Å². The van der Waals surface area contributed by atoms with E-state index >= 15 is 0 Å². The summed E-state index contributed by atoms with van der Waals surface area (Å²) in [6.45, 7) is 95.4. The summed E-state index contributed by atoms with van der Waals surface area (Å²) in [6, 6.07) is 0. The summed E-state index contributed by atoms with van der Waals surface area (Å²) in [5.74, 6) is 20.0. The van der Waals surface area contributed by atoms with Gasteiger partial charge in [-0.3, -0.25) is 4.79 Å². The van der Waals surface area contributed by atoms with Crippen molar-refractivity contribution in [3.05, 3.63) is 0 Å². The Morgan fingerprint density at radius 2 is 0.398 bits per heavy atom. The second-order valence-corrected chi connectivity index (χ2v) is 44.7. The molecule has 2 atom stereocenters. The third kappa shape index (κ3) is 15.5. The quantitative estimate of drug-likeness (QED) is 0.170. The van der Waals surface area contributed by atoms with Gasteiger partial charge in [-0.15, -0.1) is 0 Å². The maximum absolute atomic E-state index is 12.6. The highest BCUT2D eigenvalue weighted by Crippen LogP contribution is 3.12. The van der Waals surface area contributed by atoms with Crippen molar-refractivity contribution in [3.8, 4) is 0 Å². The van der Waals surface area contributed by atoms with E-state index in [4.69, 9.17) is 0 Å². The van der Waals surface area contributed by atoms with Crippen LogP contribution >= 0.6 is 0 Å². The van der Waals surface area contributed by atoms with Gasteiger partial charge in [0.05, 0.1) is 5.41 Å². The van der Waals surface area contributed by atoms with Crippen LogP contribution < -0.4 is 0 Å². The van der Waals surface area contributed by atoms with Crippen LogP contribution in [0.2, 0.25) is 0 Å². The average Bonchev–Trinajstić information content (AvgIpc) is 0.578. The van der Waals surface area contributed by atoms with E-state index in [1.807, 2.05) is 104 Å². The molecule has 0 radical (unpaired) electrons. The molecule has 2 heterocycles. The lowest BCUT2D eigenvalue weighted by atomic mass is 8.90. The van der Waals surface area contributed by atoms with Gasteiger partial charge in [0.2, 0.25) is 5.91 Å². The highest BCUT2D eigenvalue weighted by Gasteiger charge is 3.09. The van der Waals surface area contributed by atoms with Crippen molar-refractivity contribution in [1.82, 2.24) is 4.90 Å². The van der Waals surface area contributed by atoms with Crippen LogP contribution in [0.4, 0.5) is 0 Å². The molecule has 1 amide bonds. The van der Waals surface area contributed by atoms with Gasteiger partial charge in [-0.25, -0.2) is 0 Å². The minimum Gasteiger partial charge on any atom is -0.339 e. The van der Waals surface area contributed by atoms with Crippen LogP contribution in [0, 0.1) is 189 Å². The zero-order chi connectivity index (χ0) is 83.5. The molecule has 0 N–H and O–H groups in total. The second-order valence-electron chi connectivity index (χ2n) is 44.7. The third-order valence-corrected chi connectivity index (χ3v) is 39.6. The zero-order valence-electron chi connectivity index (χ0n) is 82.7. The molecule has 640 valence electrons. The van der Waals surface area contributed by atoms with Gasteiger partial charge in [0.15, 0.2) is 0 Å². The molecule has 0 spiro atoms. The third-order valence-electron chi connectivity index (χ3n) is 39.6. The van der Waals surface area contributed by atoms with Gasteiger partial charge >= 0.3 is 0 Å². The predicted molar refractivity (Wildman–Crippen MR) is 485 cm³/mol. The Balaban J connectivity index is 0.000000259. The fourth-order valence-corrected chi connectivity index (χ4v) is 30.8. The first-order chi connectivity index (χ1) is 50.5. The van der Waals surface area contributed by atoms with Gasteiger partial charge in [-0.2, -0.15) is 0 Å². The number of hydrogen-bond acceptors (Lipinski definition) is 1. The van der Waals surface area contributed by atoms with Crippen molar-refractivity contribution in [1.29, 1.82) is 0 Å². The Morgan fingerprint density at radius 3 is 0.593 bits per heavy atom. The first-order valence-electron chi connectivity index (χ1n) is 49.8. The number of hydrogen-bond donors (Lipinski definition) is 0. The Hall–Kier alpha value is -0.530. The fraction of sp³-hybridized carbons (Fsp3) is 0.991. The van der Waals surface area contributed by atoms with E-state index < -0.39 is 0 Å². The summed E-state index contributed by atoms with van der Waals surface area (Å²) in [5.41, 5.74) is 9.67. The minimum absolute atomic E-state index is 0.0363. The SMILES string of the molecule is CC.CC.CC.CC.CC.CC.CC.CC(C)C12C3C4C1C1C2C3C41C(C)C.CC(C)C12CC(C(C)C)(C1)C2.CC(C)C12CCC(C(C)C)(C1)C2.CC(C)C12CCC(C(C)C)(CC1)CC2.CC(C)C12CCC(C(C)C)(CC1)N(C)C2=O.CC(C)C12CCCC(C(C)C)(C1)C2.CC(C)C12CCCC(C(C)C)(CC1)C2. The van der Waals surface area contributed by atoms with Crippen molar-refractivity contribution in [2.24, 2.45) is 189 Å². The van der Waals surface area contributed by atoms with Crippen molar-refractivity contribution in [2.75, 3.05) is 7.05 Å². The Labute approximate surface area is 683 Å². The van der Waals surface area contributed by atoms with Gasteiger partial charge in [-0.1, -0.05) is 304 Å². The van der Waals surface area contributed by atoms with Crippen molar-refractivity contribution >= 4 is 5.91 Å². The molecule has 2 saturated heterocycles. The molecule has 2 aliphatic heterocycles. The van der Waals surface area contributed by atoms with E-state index in [9.17, 15) is 4.79 Å². The van der Waals surface area contributed by atoms with Crippen LogP contribution in [0.3, 0.4) is 0 Å².